The van der Waals surface area contributed by atoms with Crippen molar-refractivity contribution in [3.05, 3.63) is 60.0 Å². The number of hydrogen-bond acceptors (Lipinski definition) is 4. The lowest BCUT2D eigenvalue weighted by Gasteiger charge is -2.19. The smallest absolute Gasteiger partial charge is 0.306 e. The van der Waals surface area contributed by atoms with Crippen molar-refractivity contribution in [3.63, 3.8) is 0 Å². The lowest BCUT2D eigenvalue weighted by Crippen LogP contribution is -2.24. The maximum atomic E-state index is 12.1. The summed E-state index contributed by atoms with van der Waals surface area (Å²) >= 11 is 0. The van der Waals surface area contributed by atoms with Crippen molar-refractivity contribution in [2.45, 2.75) is 45.8 Å². The Morgan fingerprint density at radius 3 is 2.56 bits per heavy atom. The maximum absolute atomic E-state index is 12.1. The minimum atomic E-state index is -0.462. The number of aryl methyl sites for hydroxylation is 1. The Hall–Kier alpha value is -2.82. The van der Waals surface area contributed by atoms with Crippen LogP contribution in [0.5, 0.6) is 5.75 Å². The van der Waals surface area contributed by atoms with Gasteiger partial charge < -0.3 is 14.0 Å². The van der Waals surface area contributed by atoms with E-state index < -0.39 is 5.60 Å². The quantitative estimate of drug-likeness (QED) is 0.608. The second-order valence-corrected chi connectivity index (χ2v) is 7.59. The lowest BCUT2D eigenvalue weighted by molar-refractivity contribution is -0.154. The molecule has 0 saturated heterocycles. The summed E-state index contributed by atoms with van der Waals surface area (Å²) in [6.45, 7) is 6.37. The summed E-state index contributed by atoms with van der Waals surface area (Å²) in [5.41, 5.74) is 2.86. The minimum Gasteiger partial charge on any atom is -0.497 e. The van der Waals surface area contributed by atoms with Gasteiger partial charge in [0.2, 0.25) is 0 Å². The molecule has 3 aromatic rings. The summed E-state index contributed by atoms with van der Waals surface area (Å²) in [5.74, 6) is 0.657. The van der Waals surface area contributed by atoms with Gasteiger partial charge in [0.15, 0.2) is 0 Å². The fourth-order valence-corrected chi connectivity index (χ4v) is 3.09. The first-order valence-electron chi connectivity index (χ1n) is 9.12. The first-order chi connectivity index (χ1) is 12.9. The molecule has 27 heavy (non-hydrogen) atoms. The summed E-state index contributed by atoms with van der Waals surface area (Å²) in [6.07, 6.45) is 4.64. The third-order valence-electron chi connectivity index (χ3n) is 4.30. The fraction of sp³-hybridized carbons (Fsp3) is 0.364. The van der Waals surface area contributed by atoms with Gasteiger partial charge in [-0.15, -0.1) is 0 Å². The number of aromatic nitrogens is 2. The van der Waals surface area contributed by atoms with Gasteiger partial charge in [0.25, 0.3) is 0 Å². The van der Waals surface area contributed by atoms with Gasteiger partial charge in [0.05, 0.1) is 25.2 Å². The number of pyridine rings is 1. The molecule has 0 N–H and O–H groups in total. The molecule has 2 aromatic heterocycles. The highest BCUT2D eigenvalue weighted by Gasteiger charge is 2.17. The molecule has 0 aliphatic carbocycles. The van der Waals surface area contributed by atoms with Crippen LogP contribution in [0.1, 0.15) is 38.4 Å². The molecule has 0 radical (unpaired) electrons. The van der Waals surface area contributed by atoms with Crippen LogP contribution in [0.2, 0.25) is 0 Å². The van der Waals surface area contributed by atoms with E-state index in [1.807, 2.05) is 45.2 Å². The Bertz CT molecular complexity index is 921. The molecule has 0 unspecified atom stereocenters. The molecule has 142 valence electrons. The van der Waals surface area contributed by atoms with Gasteiger partial charge >= 0.3 is 5.97 Å². The number of hydrogen-bond donors (Lipinski definition) is 0. The van der Waals surface area contributed by atoms with Crippen molar-refractivity contribution >= 4 is 16.9 Å². The summed E-state index contributed by atoms with van der Waals surface area (Å²) in [4.78, 5) is 16.4. The molecule has 0 spiro atoms. The summed E-state index contributed by atoms with van der Waals surface area (Å²) in [6, 6.07) is 12.2. The normalized spacial score (nSPS) is 11.6. The van der Waals surface area contributed by atoms with Crippen LogP contribution in [0.3, 0.4) is 0 Å². The van der Waals surface area contributed by atoms with Crippen molar-refractivity contribution in [2.75, 3.05) is 7.11 Å². The second kappa shape index (κ2) is 7.82. The van der Waals surface area contributed by atoms with Crippen LogP contribution in [-0.4, -0.2) is 28.2 Å². The molecular formula is C22H26N2O3. The van der Waals surface area contributed by atoms with Crippen molar-refractivity contribution in [1.29, 1.82) is 0 Å². The van der Waals surface area contributed by atoms with Crippen molar-refractivity contribution < 1.29 is 14.3 Å². The van der Waals surface area contributed by atoms with Gasteiger partial charge in [0, 0.05) is 23.8 Å². The zero-order valence-electron chi connectivity index (χ0n) is 16.4. The molecule has 0 aliphatic rings. The summed E-state index contributed by atoms with van der Waals surface area (Å²) in [7, 11) is 1.66. The topological polar surface area (TPSA) is 53.4 Å². The zero-order chi connectivity index (χ0) is 19.4. The Labute approximate surface area is 159 Å². The van der Waals surface area contributed by atoms with Gasteiger partial charge in [-0.25, -0.2) is 0 Å². The molecule has 0 fully saturated rings. The number of esters is 1. The number of rotatable bonds is 6. The fourth-order valence-electron chi connectivity index (χ4n) is 3.09. The number of benzene rings is 1. The average molecular weight is 366 g/mol. The van der Waals surface area contributed by atoms with Crippen LogP contribution in [-0.2, 0) is 22.5 Å². The average Bonchev–Trinajstić information content (AvgIpc) is 2.97. The second-order valence-electron chi connectivity index (χ2n) is 7.59. The minimum absolute atomic E-state index is 0.179. The summed E-state index contributed by atoms with van der Waals surface area (Å²) < 4.78 is 12.9. The maximum Gasteiger partial charge on any atom is 0.306 e. The molecule has 0 atom stereocenters. The Balaban J connectivity index is 1.84. The van der Waals surface area contributed by atoms with E-state index in [2.05, 4.69) is 27.8 Å². The van der Waals surface area contributed by atoms with Gasteiger partial charge in [-0.1, -0.05) is 12.1 Å². The number of nitrogens with zero attached hydrogens (tertiary/aromatic N) is 2. The predicted octanol–water partition coefficient (Wildman–Crippen LogP) is 4.37. The SMILES string of the molecule is COc1ccc(Cn2c(CCC(=O)OC(C)(C)C)cc3ccncc32)cc1. The highest BCUT2D eigenvalue weighted by Crippen LogP contribution is 2.23. The molecule has 1 aromatic carbocycles. The van der Waals surface area contributed by atoms with Crippen molar-refractivity contribution in [3.8, 4) is 5.75 Å². The predicted molar refractivity (Wildman–Crippen MR) is 106 cm³/mol. The lowest BCUT2D eigenvalue weighted by atomic mass is 10.1. The highest BCUT2D eigenvalue weighted by atomic mass is 16.6. The molecule has 0 amide bonds. The first-order valence-corrected chi connectivity index (χ1v) is 9.12. The summed E-state index contributed by atoms with van der Waals surface area (Å²) in [5, 5.41) is 1.12. The molecule has 5 nitrogen and oxygen atoms in total. The van der Waals surface area contributed by atoms with Gasteiger partial charge in [-0.2, -0.15) is 0 Å². The highest BCUT2D eigenvalue weighted by molar-refractivity contribution is 5.80. The third kappa shape index (κ3) is 4.88. The number of carbonyl (C=O) groups is 1. The molecule has 5 heteroatoms. The van der Waals surface area contributed by atoms with E-state index in [9.17, 15) is 4.79 Å². The van der Waals surface area contributed by atoms with Crippen LogP contribution in [0, 0.1) is 0 Å². The zero-order valence-corrected chi connectivity index (χ0v) is 16.4. The van der Waals surface area contributed by atoms with E-state index in [4.69, 9.17) is 9.47 Å². The first kappa shape index (κ1) is 19.0. The Morgan fingerprint density at radius 2 is 1.89 bits per heavy atom. The van der Waals surface area contributed by atoms with Crippen LogP contribution in [0.15, 0.2) is 48.8 Å². The van der Waals surface area contributed by atoms with Gasteiger partial charge in [-0.05, 0) is 57.0 Å². The van der Waals surface area contributed by atoms with E-state index >= 15 is 0 Å². The van der Waals surface area contributed by atoms with E-state index in [-0.39, 0.29) is 5.97 Å². The largest absolute Gasteiger partial charge is 0.497 e. The van der Waals surface area contributed by atoms with Crippen LogP contribution >= 0.6 is 0 Å². The van der Waals surface area contributed by atoms with Gasteiger partial charge in [0.1, 0.15) is 11.4 Å². The van der Waals surface area contributed by atoms with E-state index in [0.29, 0.717) is 19.4 Å². The van der Waals surface area contributed by atoms with E-state index in [1.165, 1.54) is 0 Å². The van der Waals surface area contributed by atoms with Crippen molar-refractivity contribution in [2.24, 2.45) is 0 Å². The third-order valence-corrected chi connectivity index (χ3v) is 4.30. The molecule has 3 rings (SSSR count). The Morgan fingerprint density at radius 1 is 1.15 bits per heavy atom. The van der Waals surface area contributed by atoms with Gasteiger partial charge in [-0.3, -0.25) is 9.78 Å². The monoisotopic (exact) mass is 366 g/mol. The molecule has 0 saturated carbocycles. The van der Waals surface area contributed by atoms with E-state index in [0.717, 1.165) is 27.9 Å². The Kier molecular flexibility index (Phi) is 5.49. The van der Waals surface area contributed by atoms with Crippen LogP contribution in [0.4, 0.5) is 0 Å². The number of ether oxygens (including phenoxy) is 2. The van der Waals surface area contributed by atoms with Crippen LogP contribution < -0.4 is 4.74 Å². The molecule has 2 heterocycles. The number of carbonyl (C=O) groups excluding carboxylic acids is 1. The molecule has 0 aliphatic heterocycles. The molecular weight excluding hydrogens is 340 g/mol. The standard InChI is InChI=1S/C22H26N2O3/c1-22(2,3)27-21(25)10-7-18-13-17-11-12-23-14-20(17)24(18)15-16-5-8-19(26-4)9-6-16/h5-6,8-9,11-14H,7,10,15H2,1-4H3. The van der Waals surface area contributed by atoms with E-state index in [1.54, 1.807) is 13.3 Å². The van der Waals surface area contributed by atoms with Crippen LogP contribution in [0.25, 0.3) is 10.9 Å². The molecule has 0 bridgehead atoms. The van der Waals surface area contributed by atoms with Crippen molar-refractivity contribution in [1.82, 2.24) is 9.55 Å². The number of fused-ring (bicyclic) bond motifs is 1. The number of methoxy groups -OCH3 is 1.